The minimum atomic E-state index is 0.506. The van der Waals surface area contributed by atoms with Crippen molar-refractivity contribution < 1.29 is 0 Å². The van der Waals surface area contributed by atoms with Crippen molar-refractivity contribution >= 4 is 5.82 Å². The number of rotatable bonds is 2. The first-order valence-electron chi connectivity index (χ1n) is 4.71. The molecule has 0 fully saturated rings. The molecule has 2 rings (SSSR count). The van der Waals surface area contributed by atoms with Crippen molar-refractivity contribution in [2.24, 2.45) is 7.05 Å². The standard InChI is InChI=1S/C10H13N5/c1-7-13-8(5-9(11)14-7)6-10-12-3-4-15(10)2/h3-5H,6H2,1-2H3,(H2,11,13,14). The monoisotopic (exact) mass is 203 g/mol. The first-order valence-corrected chi connectivity index (χ1v) is 4.71. The molecular weight excluding hydrogens is 190 g/mol. The first kappa shape index (κ1) is 9.64. The van der Waals surface area contributed by atoms with Crippen molar-refractivity contribution in [1.82, 2.24) is 19.5 Å². The van der Waals surface area contributed by atoms with E-state index in [-0.39, 0.29) is 0 Å². The van der Waals surface area contributed by atoms with Crippen LogP contribution in [0, 0.1) is 6.92 Å². The minimum absolute atomic E-state index is 0.506. The van der Waals surface area contributed by atoms with Crippen LogP contribution in [-0.2, 0) is 13.5 Å². The van der Waals surface area contributed by atoms with Crippen molar-refractivity contribution in [3.05, 3.63) is 35.8 Å². The summed E-state index contributed by atoms with van der Waals surface area (Å²) in [6.45, 7) is 1.83. The predicted octanol–water partition coefficient (Wildman–Crippen LogP) is 0.692. The van der Waals surface area contributed by atoms with Crippen molar-refractivity contribution in [2.75, 3.05) is 5.73 Å². The third kappa shape index (κ3) is 2.12. The smallest absolute Gasteiger partial charge is 0.127 e. The molecule has 2 aromatic heterocycles. The summed E-state index contributed by atoms with van der Waals surface area (Å²) in [6.07, 6.45) is 4.36. The van der Waals surface area contributed by atoms with Gasteiger partial charge >= 0.3 is 0 Å². The van der Waals surface area contributed by atoms with E-state index in [4.69, 9.17) is 5.73 Å². The average Bonchev–Trinajstić information content (AvgIpc) is 2.50. The van der Waals surface area contributed by atoms with Gasteiger partial charge in [0.15, 0.2) is 0 Å². The Kier molecular flexibility index (Phi) is 2.37. The summed E-state index contributed by atoms with van der Waals surface area (Å²) < 4.78 is 1.97. The Labute approximate surface area is 88.0 Å². The fourth-order valence-electron chi connectivity index (χ4n) is 1.47. The Morgan fingerprint density at radius 1 is 1.40 bits per heavy atom. The molecule has 0 aliphatic heterocycles. The van der Waals surface area contributed by atoms with Gasteiger partial charge in [-0.1, -0.05) is 0 Å². The van der Waals surface area contributed by atoms with Crippen LogP contribution in [0.15, 0.2) is 18.5 Å². The van der Waals surface area contributed by atoms with E-state index in [0.29, 0.717) is 18.1 Å². The maximum Gasteiger partial charge on any atom is 0.127 e. The summed E-state index contributed by atoms with van der Waals surface area (Å²) in [4.78, 5) is 12.6. The predicted molar refractivity (Wildman–Crippen MR) is 57.2 cm³/mol. The van der Waals surface area contributed by atoms with Gasteiger partial charge in [-0.05, 0) is 6.92 Å². The lowest BCUT2D eigenvalue weighted by Gasteiger charge is -2.03. The normalized spacial score (nSPS) is 10.5. The van der Waals surface area contributed by atoms with Gasteiger partial charge in [-0.3, -0.25) is 0 Å². The van der Waals surface area contributed by atoms with Gasteiger partial charge in [0.25, 0.3) is 0 Å². The second kappa shape index (κ2) is 3.68. The van der Waals surface area contributed by atoms with Crippen LogP contribution in [0.4, 0.5) is 5.82 Å². The summed E-state index contributed by atoms with van der Waals surface area (Å²) in [6, 6.07) is 1.78. The van der Waals surface area contributed by atoms with Crippen LogP contribution in [0.25, 0.3) is 0 Å². The van der Waals surface area contributed by atoms with E-state index >= 15 is 0 Å². The molecule has 0 atom stereocenters. The lowest BCUT2D eigenvalue weighted by Crippen LogP contribution is -2.04. The molecule has 0 radical (unpaired) electrons. The van der Waals surface area contributed by atoms with Gasteiger partial charge in [0.2, 0.25) is 0 Å². The third-order valence-corrected chi connectivity index (χ3v) is 2.17. The number of hydrogen-bond donors (Lipinski definition) is 1. The molecular formula is C10H13N5. The number of anilines is 1. The summed E-state index contributed by atoms with van der Waals surface area (Å²) in [5.74, 6) is 2.17. The van der Waals surface area contributed by atoms with Crippen molar-refractivity contribution in [3.63, 3.8) is 0 Å². The van der Waals surface area contributed by atoms with Gasteiger partial charge in [-0.15, -0.1) is 0 Å². The van der Waals surface area contributed by atoms with Crippen LogP contribution in [0.5, 0.6) is 0 Å². The number of nitrogen functional groups attached to an aromatic ring is 1. The van der Waals surface area contributed by atoms with Crippen molar-refractivity contribution in [3.8, 4) is 0 Å². The van der Waals surface area contributed by atoms with Gasteiger partial charge in [0, 0.05) is 31.9 Å². The second-order valence-electron chi connectivity index (χ2n) is 3.46. The molecule has 2 heterocycles. The SMILES string of the molecule is Cc1nc(N)cc(Cc2nccn2C)n1. The highest BCUT2D eigenvalue weighted by molar-refractivity contribution is 5.30. The summed E-state index contributed by atoms with van der Waals surface area (Å²) in [5.41, 5.74) is 6.55. The highest BCUT2D eigenvalue weighted by Crippen LogP contribution is 2.07. The minimum Gasteiger partial charge on any atom is -0.384 e. The van der Waals surface area contributed by atoms with Crippen LogP contribution >= 0.6 is 0 Å². The Hall–Kier alpha value is -1.91. The zero-order valence-electron chi connectivity index (χ0n) is 8.81. The zero-order valence-corrected chi connectivity index (χ0v) is 8.81. The summed E-state index contributed by atoms with van der Waals surface area (Å²) in [5, 5.41) is 0. The van der Waals surface area contributed by atoms with E-state index in [2.05, 4.69) is 15.0 Å². The van der Waals surface area contributed by atoms with Gasteiger partial charge < -0.3 is 10.3 Å². The Bertz CT molecular complexity index is 454. The number of nitrogens with two attached hydrogens (primary N) is 1. The van der Waals surface area contributed by atoms with Crippen LogP contribution < -0.4 is 5.73 Å². The number of aromatic nitrogens is 4. The third-order valence-electron chi connectivity index (χ3n) is 2.17. The summed E-state index contributed by atoms with van der Waals surface area (Å²) in [7, 11) is 1.96. The molecule has 0 spiro atoms. The Morgan fingerprint density at radius 3 is 2.80 bits per heavy atom. The number of hydrogen-bond acceptors (Lipinski definition) is 4. The lowest BCUT2D eigenvalue weighted by atomic mass is 10.2. The van der Waals surface area contributed by atoms with E-state index in [1.165, 1.54) is 0 Å². The van der Waals surface area contributed by atoms with Crippen LogP contribution in [-0.4, -0.2) is 19.5 Å². The topological polar surface area (TPSA) is 69.6 Å². The largest absolute Gasteiger partial charge is 0.384 e. The number of nitrogens with zero attached hydrogens (tertiary/aromatic N) is 4. The van der Waals surface area contributed by atoms with E-state index in [1.807, 2.05) is 24.7 Å². The quantitative estimate of drug-likeness (QED) is 0.779. The molecule has 78 valence electrons. The maximum absolute atomic E-state index is 5.65. The average molecular weight is 203 g/mol. The van der Waals surface area contributed by atoms with E-state index < -0.39 is 0 Å². The number of imidazole rings is 1. The Morgan fingerprint density at radius 2 is 2.20 bits per heavy atom. The fraction of sp³-hybridized carbons (Fsp3) is 0.300. The van der Waals surface area contributed by atoms with Crippen molar-refractivity contribution in [1.29, 1.82) is 0 Å². The highest BCUT2D eigenvalue weighted by atomic mass is 15.0. The Balaban J connectivity index is 2.28. The van der Waals surface area contributed by atoms with Gasteiger partial charge in [-0.2, -0.15) is 0 Å². The molecule has 5 nitrogen and oxygen atoms in total. The van der Waals surface area contributed by atoms with Gasteiger partial charge in [-0.25, -0.2) is 15.0 Å². The molecule has 0 saturated heterocycles. The second-order valence-corrected chi connectivity index (χ2v) is 3.46. The highest BCUT2D eigenvalue weighted by Gasteiger charge is 2.04. The van der Waals surface area contributed by atoms with Crippen LogP contribution in [0.1, 0.15) is 17.3 Å². The molecule has 0 unspecified atom stereocenters. The molecule has 15 heavy (non-hydrogen) atoms. The van der Waals surface area contributed by atoms with Crippen LogP contribution in [0.2, 0.25) is 0 Å². The first-order chi connectivity index (χ1) is 7.15. The van der Waals surface area contributed by atoms with Crippen molar-refractivity contribution in [2.45, 2.75) is 13.3 Å². The molecule has 2 aromatic rings. The molecule has 5 heteroatoms. The lowest BCUT2D eigenvalue weighted by molar-refractivity contribution is 0.806. The van der Waals surface area contributed by atoms with E-state index in [9.17, 15) is 0 Å². The molecule has 0 saturated carbocycles. The zero-order chi connectivity index (χ0) is 10.8. The van der Waals surface area contributed by atoms with E-state index in [0.717, 1.165) is 11.5 Å². The van der Waals surface area contributed by atoms with E-state index in [1.54, 1.807) is 12.3 Å². The maximum atomic E-state index is 5.65. The van der Waals surface area contributed by atoms with Gasteiger partial charge in [0.1, 0.15) is 17.5 Å². The molecule has 2 N–H and O–H groups in total. The molecule has 0 aliphatic rings. The fourth-order valence-corrected chi connectivity index (χ4v) is 1.47. The molecule has 0 aliphatic carbocycles. The van der Waals surface area contributed by atoms with Gasteiger partial charge in [0.05, 0.1) is 5.69 Å². The van der Waals surface area contributed by atoms with Crippen LogP contribution in [0.3, 0.4) is 0 Å². The summed E-state index contributed by atoms with van der Waals surface area (Å²) >= 11 is 0. The molecule has 0 amide bonds. The number of aryl methyl sites for hydroxylation is 2. The molecule has 0 bridgehead atoms. The molecule has 0 aromatic carbocycles.